The Hall–Kier alpha value is -1.68. The molecule has 0 amide bonds. The van der Waals surface area contributed by atoms with Gasteiger partial charge in [-0.25, -0.2) is 4.39 Å². The molecule has 1 aromatic carbocycles. The summed E-state index contributed by atoms with van der Waals surface area (Å²) in [4.78, 5) is 17.7. The third kappa shape index (κ3) is 3.47. The molecular weight excluding hydrogens is 291 g/mol. The SMILES string of the molecule is CCC(C)N(Cc1cc2ccc(F)cc2[nH]c1=O)C1CCCC1. The summed E-state index contributed by atoms with van der Waals surface area (Å²) in [5, 5.41) is 0.886. The van der Waals surface area contributed by atoms with Gasteiger partial charge in [0, 0.05) is 24.2 Å². The number of aromatic nitrogens is 1. The summed E-state index contributed by atoms with van der Waals surface area (Å²) < 4.78 is 13.3. The molecule has 3 rings (SSSR count). The fourth-order valence-electron chi connectivity index (χ4n) is 3.65. The van der Waals surface area contributed by atoms with Crippen molar-refractivity contribution in [2.45, 2.75) is 64.6 Å². The van der Waals surface area contributed by atoms with Crippen molar-refractivity contribution in [3.8, 4) is 0 Å². The van der Waals surface area contributed by atoms with Gasteiger partial charge in [0.1, 0.15) is 5.82 Å². The topological polar surface area (TPSA) is 36.1 Å². The summed E-state index contributed by atoms with van der Waals surface area (Å²) >= 11 is 0. The average molecular weight is 316 g/mol. The highest BCUT2D eigenvalue weighted by Crippen LogP contribution is 2.27. The second-order valence-electron chi connectivity index (χ2n) is 6.72. The molecular formula is C19H25FN2O. The monoisotopic (exact) mass is 316 g/mol. The van der Waals surface area contributed by atoms with Crippen LogP contribution in [0.1, 0.15) is 51.5 Å². The van der Waals surface area contributed by atoms with E-state index in [0.29, 0.717) is 24.1 Å². The smallest absolute Gasteiger partial charge is 0.252 e. The maximum atomic E-state index is 13.3. The number of hydrogen-bond donors (Lipinski definition) is 1. The summed E-state index contributed by atoms with van der Waals surface area (Å²) in [6, 6.07) is 7.50. The molecule has 3 nitrogen and oxygen atoms in total. The van der Waals surface area contributed by atoms with Gasteiger partial charge in [0.2, 0.25) is 0 Å². The minimum atomic E-state index is -0.326. The molecule has 0 bridgehead atoms. The maximum absolute atomic E-state index is 13.3. The Morgan fingerprint density at radius 2 is 2.04 bits per heavy atom. The first-order valence-electron chi connectivity index (χ1n) is 8.65. The van der Waals surface area contributed by atoms with E-state index in [1.54, 1.807) is 6.07 Å². The van der Waals surface area contributed by atoms with Crippen molar-refractivity contribution in [1.29, 1.82) is 0 Å². The standard InChI is InChI=1S/C19H25FN2O/c1-3-13(2)22(17-6-4-5-7-17)12-15-10-14-8-9-16(20)11-18(14)21-19(15)23/h8-11,13,17H,3-7,12H2,1-2H3,(H,21,23). The molecule has 2 aromatic rings. The first-order chi connectivity index (χ1) is 11.1. The summed E-state index contributed by atoms with van der Waals surface area (Å²) in [5.41, 5.74) is 1.24. The molecule has 1 aliphatic rings. The number of hydrogen-bond acceptors (Lipinski definition) is 2. The number of nitrogens with one attached hydrogen (secondary N) is 1. The van der Waals surface area contributed by atoms with Crippen LogP contribution >= 0.6 is 0 Å². The second-order valence-corrected chi connectivity index (χ2v) is 6.72. The van der Waals surface area contributed by atoms with Crippen LogP contribution in [-0.2, 0) is 6.54 Å². The molecule has 1 aromatic heterocycles. The van der Waals surface area contributed by atoms with E-state index in [2.05, 4.69) is 23.7 Å². The Kier molecular flexibility index (Phi) is 4.81. The molecule has 0 aliphatic heterocycles. The second kappa shape index (κ2) is 6.83. The van der Waals surface area contributed by atoms with E-state index < -0.39 is 0 Å². The summed E-state index contributed by atoms with van der Waals surface area (Å²) in [6.45, 7) is 5.10. The van der Waals surface area contributed by atoms with Gasteiger partial charge < -0.3 is 4.98 Å². The number of H-pyrrole nitrogens is 1. The molecule has 1 unspecified atom stereocenters. The van der Waals surface area contributed by atoms with E-state index in [1.165, 1.54) is 37.8 Å². The zero-order valence-electron chi connectivity index (χ0n) is 13.9. The predicted molar refractivity (Wildman–Crippen MR) is 92.1 cm³/mol. The van der Waals surface area contributed by atoms with Crippen molar-refractivity contribution < 1.29 is 4.39 Å². The summed E-state index contributed by atoms with van der Waals surface area (Å²) in [5.74, 6) is -0.326. The molecule has 1 N–H and O–H groups in total. The van der Waals surface area contributed by atoms with Crippen molar-refractivity contribution in [2.75, 3.05) is 0 Å². The van der Waals surface area contributed by atoms with Crippen molar-refractivity contribution in [2.24, 2.45) is 0 Å². The molecule has 0 spiro atoms. The number of fused-ring (bicyclic) bond motifs is 1. The molecule has 124 valence electrons. The Bertz CT molecular complexity index is 734. The lowest BCUT2D eigenvalue weighted by molar-refractivity contribution is 0.132. The first-order valence-corrected chi connectivity index (χ1v) is 8.65. The lowest BCUT2D eigenvalue weighted by atomic mass is 10.1. The van der Waals surface area contributed by atoms with Crippen LogP contribution in [-0.4, -0.2) is 22.0 Å². The molecule has 1 saturated carbocycles. The van der Waals surface area contributed by atoms with Crippen LogP contribution in [0, 0.1) is 5.82 Å². The highest BCUT2D eigenvalue weighted by Gasteiger charge is 2.26. The van der Waals surface area contributed by atoms with E-state index in [0.717, 1.165) is 17.4 Å². The highest BCUT2D eigenvalue weighted by atomic mass is 19.1. The Balaban J connectivity index is 1.92. The number of pyridine rings is 1. The van der Waals surface area contributed by atoms with Gasteiger partial charge in [-0.15, -0.1) is 0 Å². The van der Waals surface area contributed by atoms with Gasteiger partial charge >= 0.3 is 0 Å². The summed E-state index contributed by atoms with van der Waals surface area (Å²) in [7, 11) is 0. The van der Waals surface area contributed by atoms with Crippen LogP contribution in [0.5, 0.6) is 0 Å². The minimum Gasteiger partial charge on any atom is -0.322 e. The molecule has 23 heavy (non-hydrogen) atoms. The van der Waals surface area contributed by atoms with Crippen LogP contribution in [0.3, 0.4) is 0 Å². The molecule has 1 atom stereocenters. The number of benzene rings is 1. The van der Waals surface area contributed by atoms with Gasteiger partial charge in [0.05, 0.1) is 5.52 Å². The minimum absolute atomic E-state index is 0.102. The normalized spacial score (nSPS) is 17.2. The van der Waals surface area contributed by atoms with Crippen molar-refractivity contribution in [3.05, 3.63) is 46.0 Å². The molecule has 0 radical (unpaired) electrons. The maximum Gasteiger partial charge on any atom is 0.252 e. The number of nitrogens with zero attached hydrogens (tertiary/aromatic N) is 1. The van der Waals surface area contributed by atoms with Gasteiger partial charge in [-0.2, -0.15) is 0 Å². The molecule has 0 saturated heterocycles. The lowest BCUT2D eigenvalue weighted by Crippen LogP contribution is -2.40. The zero-order valence-corrected chi connectivity index (χ0v) is 13.9. The predicted octanol–water partition coefficient (Wildman–Crippen LogP) is 4.21. The quantitative estimate of drug-likeness (QED) is 0.897. The van der Waals surface area contributed by atoms with Crippen LogP contribution in [0.25, 0.3) is 10.9 Å². The van der Waals surface area contributed by atoms with E-state index in [-0.39, 0.29) is 11.4 Å². The highest BCUT2D eigenvalue weighted by molar-refractivity contribution is 5.78. The number of rotatable bonds is 5. The Morgan fingerprint density at radius 1 is 1.30 bits per heavy atom. The van der Waals surface area contributed by atoms with Gasteiger partial charge in [-0.1, -0.05) is 19.8 Å². The zero-order chi connectivity index (χ0) is 16.4. The van der Waals surface area contributed by atoms with Crippen molar-refractivity contribution >= 4 is 10.9 Å². The largest absolute Gasteiger partial charge is 0.322 e. The van der Waals surface area contributed by atoms with Crippen LogP contribution in [0.15, 0.2) is 29.1 Å². The number of halogens is 1. The third-order valence-electron chi connectivity index (χ3n) is 5.19. The van der Waals surface area contributed by atoms with Gasteiger partial charge in [0.15, 0.2) is 0 Å². The van der Waals surface area contributed by atoms with Crippen LogP contribution in [0.2, 0.25) is 0 Å². The number of aromatic amines is 1. The van der Waals surface area contributed by atoms with E-state index in [4.69, 9.17) is 0 Å². The van der Waals surface area contributed by atoms with Gasteiger partial charge in [-0.05, 0) is 55.8 Å². The van der Waals surface area contributed by atoms with E-state index >= 15 is 0 Å². The third-order valence-corrected chi connectivity index (χ3v) is 5.19. The van der Waals surface area contributed by atoms with Gasteiger partial charge in [0.25, 0.3) is 5.56 Å². The fraction of sp³-hybridized carbons (Fsp3) is 0.526. The van der Waals surface area contributed by atoms with E-state index in [9.17, 15) is 9.18 Å². The molecule has 1 heterocycles. The van der Waals surface area contributed by atoms with Crippen LogP contribution in [0.4, 0.5) is 4.39 Å². The lowest BCUT2D eigenvalue weighted by Gasteiger charge is -2.34. The molecule has 1 fully saturated rings. The van der Waals surface area contributed by atoms with Crippen LogP contribution < -0.4 is 5.56 Å². The Morgan fingerprint density at radius 3 is 2.74 bits per heavy atom. The van der Waals surface area contributed by atoms with Crippen molar-refractivity contribution in [3.63, 3.8) is 0 Å². The fourth-order valence-corrected chi connectivity index (χ4v) is 3.65. The molecule has 1 aliphatic carbocycles. The first kappa shape index (κ1) is 16.2. The summed E-state index contributed by atoms with van der Waals surface area (Å²) in [6.07, 6.45) is 6.09. The average Bonchev–Trinajstić information content (AvgIpc) is 3.06. The van der Waals surface area contributed by atoms with Gasteiger partial charge in [-0.3, -0.25) is 9.69 Å². The van der Waals surface area contributed by atoms with Crippen molar-refractivity contribution in [1.82, 2.24) is 9.88 Å². The van der Waals surface area contributed by atoms with E-state index in [1.807, 2.05) is 6.07 Å². The molecule has 4 heteroatoms. The Labute approximate surface area is 136 Å².